The molecule has 2 heterocycles. The lowest BCUT2D eigenvalue weighted by Crippen LogP contribution is -2.46. The fourth-order valence-electron chi connectivity index (χ4n) is 4.22. The van der Waals surface area contributed by atoms with Gasteiger partial charge >= 0.3 is 0 Å². The Morgan fingerprint density at radius 2 is 1.78 bits per heavy atom. The van der Waals surface area contributed by atoms with E-state index in [9.17, 15) is 9.59 Å². The molecule has 0 aliphatic carbocycles. The van der Waals surface area contributed by atoms with Crippen LogP contribution < -0.4 is 10.7 Å². The summed E-state index contributed by atoms with van der Waals surface area (Å²) in [6, 6.07) is 13.5. The quantitative estimate of drug-likeness (QED) is 0.297. The fourth-order valence-corrected chi connectivity index (χ4v) is 4.98. The molecule has 1 aliphatic heterocycles. The third-order valence-electron chi connectivity index (χ3n) is 6.54. The van der Waals surface area contributed by atoms with Gasteiger partial charge in [0.25, 0.3) is 11.8 Å². The van der Waals surface area contributed by atoms with E-state index in [2.05, 4.69) is 25.6 Å². The topological polar surface area (TPSA) is 97.3 Å². The minimum absolute atomic E-state index is 0.186. The first-order valence-electron chi connectivity index (χ1n) is 12.4. The van der Waals surface area contributed by atoms with Gasteiger partial charge in [-0.25, -0.2) is 5.43 Å². The summed E-state index contributed by atoms with van der Waals surface area (Å²) in [6.45, 7) is 9.45. The molecule has 194 valence electrons. The van der Waals surface area contributed by atoms with Crippen molar-refractivity contribution in [2.45, 2.75) is 20.4 Å². The summed E-state index contributed by atoms with van der Waals surface area (Å²) in [6.07, 6.45) is 1.60. The summed E-state index contributed by atoms with van der Waals surface area (Å²) in [4.78, 5) is 30.3. The number of piperazine rings is 1. The fraction of sp³-hybridized carbons (Fsp3) is 0.321. The number of β-amino-alcohol motifs (C(OH)–C–C–N with tert-alkyl or cyclic N) is 1. The van der Waals surface area contributed by atoms with Crippen LogP contribution in [0.25, 0.3) is 0 Å². The van der Waals surface area contributed by atoms with Gasteiger partial charge in [0.1, 0.15) is 0 Å². The van der Waals surface area contributed by atoms with E-state index in [4.69, 9.17) is 5.11 Å². The van der Waals surface area contributed by atoms with Crippen LogP contribution in [0.5, 0.6) is 0 Å². The number of nitrogens with zero attached hydrogens (tertiary/aromatic N) is 3. The highest BCUT2D eigenvalue weighted by atomic mass is 32.1. The van der Waals surface area contributed by atoms with Crippen molar-refractivity contribution in [2.24, 2.45) is 5.10 Å². The summed E-state index contributed by atoms with van der Waals surface area (Å²) >= 11 is 1.34. The molecule has 1 fully saturated rings. The molecule has 3 aromatic rings. The summed E-state index contributed by atoms with van der Waals surface area (Å²) < 4.78 is 0. The maximum absolute atomic E-state index is 13.0. The molecule has 0 unspecified atom stereocenters. The van der Waals surface area contributed by atoms with Crippen LogP contribution in [0, 0.1) is 13.8 Å². The molecule has 1 aromatic heterocycles. The van der Waals surface area contributed by atoms with Crippen LogP contribution in [0.15, 0.2) is 58.3 Å². The zero-order valence-electron chi connectivity index (χ0n) is 21.2. The molecular weight excluding hydrogens is 486 g/mol. The summed E-state index contributed by atoms with van der Waals surface area (Å²) in [7, 11) is 0. The Bertz CT molecular complexity index is 1260. The number of hydrogen-bond acceptors (Lipinski definition) is 7. The van der Waals surface area contributed by atoms with Gasteiger partial charge in [0.15, 0.2) is 0 Å². The zero-order chi connectivity index (χ0) is 26.2. The highest BCUT2D eigenvalue weighted by Gasteiger charge is 2.18. The van der Waals surface area contributed by atoms with E-state index in [1.54, 1.807) is 23.0 Å². The second kappa shape index (κ2) is 12.7. The van der Waals surface area contributed by atoms with Gasteiger partial charge in [0.05, 0.1) is 24.1 Å². The molecule has 0 saturated carbocycles. The number of hydrazone groups is 1. The van der Waals surface area contributed by atoms with Gasteiger partial charge in [-0.3, -0.25) is 19.4 Å². The van der Waals surface area contributed by atoms with E-state index in [1.807, 2.05) is 50.2 Å². The third-order valence-corrected chi connectivity index (χ3v) is 7.29. The van der Waals surface area contributed by atoms with Crippen LogP contribution >= 0.6 is 11.3 Å². The van der Waals surface area contributed by atoms with Crippen molar-refractivity contribution in [2.75, 3.05) is 44.6 Å². The maximum atomic E-state index is 13.0. The van der Waals surface area contributed by atoms with Crippen molar-refractivity contribution in [3.8, 4) is 0 Å². The number of hydrogen-bond donors (Lipinski definition) is 3. The van der Waals surface area contributed by atoms with Crippen LogP contribution in [0.4, 0.5) is 5.69 Å². The smallest absolute Gasteiger partial charge is 0.274 e. The number of aryl methyl sites for hydroxylation is 2. The van der Waals surface area contributed by atoms with Crippen LogP contribution in [0.3, 0.4) is 0 Å². The van der Waals surface area contributed by atoms with Crippen molar-refractivity contribution in [1.82, 2.24) is 15.2 Å². The Hall–Kier alpha value is -3.37. The molecule has 37 heavy (non-hydrogen) atoms. The number of rotatable bonds is 9. The van der Waals surface area contributed by atoms with E-state index in [0.29, 0.717) is 23.4 Å². The minimum Gasteiger partial charge on any atom is -0.395 e. The summed E-state index contributed by atoms with van der Waals surface area (Å²) in [5.41, 5.74) is 8.23. The van der Waals surface area contributed by atoms with Crippen molar-refractivity contribution in [1.29, 1.82) is 0 Å². The number of benzene rings is 2. The van der Waals surface area contributed by atoms with E-state index >= 15 is 0 Å². The highest BCUT2D eigenvalue weighted by molar-refractivity contribution is 7.08. The largest absolute Gasteiger partial charge is 0.395 e. The van der Waals surface area contributed by atoms with Gasteiger partial charge in [-0.1, -0.05) is 30.3 Å². The normalized spacial score (nSPS) is 14.7. The van der Waals surface area contributed by atoms with Crippen molar-refractivity contribution < 1.29 is 14.7 Å². The lowest BCUT2D eigenvalue weighted by molar-refractivity contribution is 0.0956. The second-order valence-electron chi connectivity index (χ2n) is 9.24. The lowest BCUT2D eigenvalue weighted by atomic mass is 10.1. The molecule has 3 N–H and O–H groups in total. The van der Waals surface area contributed by atoms with E-state index in [1.165, 1.54) is 16.9 Å². The van der Waals surface area contributed by atoms with Crippen LogP contribution in [0.2, 0.25) is 0 Å². The predicted molar refractivity (Wildman–Crippen MR) is 148 cm³/mol. The van der Waals surface area contributed by atoms with Crippen LogP contribution in [-0.2, 0) is 6.54 Å². The number of anilines is 1. The molecule has 4 rings (SSSR count). The molecule has 0 atom stereocenters. The standard InChI is InChI=1S/C28H33N5O3S/c1-20-6-7-22(14-21(20)2)16-29-31-28(36)25-18-37-19-26(25)30-27(35)24-5-3-4-23(15-24)17-33-10-8-32(9-11-33)12-13-34/h3-7,14-16,18-19,34H,8-13,17H2,1-2H3,(H,30,35)(H,31,36). The molecular formula is C28H33N5O3S. The predicted octanol–water partition coefficient (Wildman–Crippen LogP) is 3.49. The molecule has 2 amide bonds. The third kappa shape index (κ3) is 7.33. The molecule has 0 bridgehead atoms. The average Bonchev–Trinajstić information content (AvgIpc) is 3.36. The number of carbonyl (C=O) groups is 2. The highest BCUT2D eigenvalue weighted by Crippen LogP contribution is 2.22. The van der Waals surface area contributed by atoms with Crippen molar-refractivity contribution in [3.63, 3.8) is 0 Å². The number of aliphatic hydroxyl groups excluding tert-OH is 1. The molecule has 2 aromatic carbocycles. The van der Waals surface area contributed by atoms with Gasteiger partial charge in [-0.2, -0.15) is 5.10 Å². The molecule has 8 nitrogen and oxygen atoms in total. The first kappa shape index (κ1) is 26.7. The van der Waals surface area contributed by atoms with Gasteiger partial charge < -0.3 is 10.4 Å². The first-order valence-corrected chi connectivity index (χ1v) is 13.3. The average molecular weight is 520 g/mol. The number of nitrogens with one attached hydrogen (secondary N) is 2. The van der Waals surface area contributed by atoms with E-state index < -0.39 is 0 Å². The molecule has 1 saturated heterocycles. The zero-order valence-corrected chi connectivity index (χ0v) is 22.1. The maximum Gasteiger partial charge on any atom is 0.274 e. The lowest BCUT2D eigenvalue weighted by Gasteiger charge is -2.34. The Kier molecular flexibility index (Phi) is 9.19. The first-order chi connectivity index (χ1) is 17.9. The van der Waals surface area contributed by atoms with Crippen molar-refractivity contribution >= 4 is 35.1 Å². The number of aliphatic hydroxyl groups is 1. The number of carbonyl (C=O) groups excluding carboxylic acids is 2. The summed E-state index contributed by atoms with van der Waals surface area (Å²) in [5.74, 6) is -0.647. The SMILES string of the molecule is Cc1ccc(C=NNC(=O)c2cscc2NC(=O)c2cccc(CN3CCN(CCO)CC3)c2)cc1C. The second-order valence-corrected chi connectivity index (χ2v) is 9.98. The van der Waals surface area contributed by atoms with Crippen LogP contribution in [0.1, 0.15) is 43.0 Å². The molecule has 9 heteroatoms. The van der Waals surface area contributed by atoms with Crippen LogP contribution in [-0.4, -0.2) is 72.3 Å². The Balaban J connectivity index is 1.34. The van der Waals surface area contributed by atoms with E-state index in [-0.39, 0.29) is 18.4 Å². The Labute approximate surface area is 221 Å². The van der Waals surface area contributed by atoms with Crippen molar-refractivity contribution in [3.05, 3.63) is 86.6 Å². The monoisotopic (exact) mass is 519 g/mol. The van der Waals surface area contributed by atoms with Gasteiger partial charge in [-0.15, -0.1) is 11.3 Å². The Morgan fingerprint density at radius 3 is 2.54 bits per heavy atom. The van der Waals surface area contributed by atoms with Gasteiger partial charge in [0.2, 0.25) is 0 Å². The van der Waals surface area contributed by atoms with Gasteiger partial charge in [0, 0.05) is 55.6 Å². The number of thiophene rings is 1. The van der Waals surface area contributed by atoms with Gasteiger partial charge in [-0.05, 0) is 48.2 Å². The molecule has 0 radical (unpaired) electrons. The molecule has 1 aliphatic rings. The molecule has 0 spiro atoms. The van der Waals surface area contributed by atoms with E-state index in [0.717, 1.165) is 49.4 Å². The minimum atomic E-state index is -0.384. The number of amides is 2. The Morgan fingerprint density at radius 1 is 1.00 bits per heavy atom. The summed E-state index contributed by atoms with van der Waals surface area (Å²) in [5, 5.41) is 19.5.